The first-order valence-electron chi connectivity index (χ1n) is 5.43. The number of hydrogen-bond donors (Lipinski definition) is 0. The number of Topliss-reactive ketones (excluding diaryl/α,β-unsaturated/α-hetero) is 2. The Bertz CT molecular complexity index is 209. The van der Waals surface area contributed by atoms with E-state index < -0.39 is 8.07 Å². The van der Waals surface area contributed by atoms with Crippen molar-refractivity contribution in [1.82, 2.24) is 0 Å². The summed E-state index contributed by atoms with van der Waals surface area (Å²) < 4.78 is 0. The van der Waals surface area contributed by atoms with E-state index in [2.05, 4.69) is 20.0 Å². The van der Waals surface area contributed by atoms with Crippen molar-refractivity contribution in [3.05, 3.63) is 0 Å². The zero-order chi connectivity index (χ0) is 11.2. The fourth-order valence-electron chi connectivity index (χ4n) is 1.41. The highest BCUT2D eigenvalue weighted by molar-refractivity contribution is 6.77. The van der Waals surface area contributed by atoms with Gasteiger partial charge in [-0.3, -0.25) is 9.59 Å². The number of unbranched alkanes of at least 4 members (excludes halogenated alkanes) is 1. The van der Waals surface area contributed by atoms with E-state index in [-0.39, 0.29) is 11.6 Å². The largest absolute Gasteiger partial charge is 0.291 e. The molecule has 0 N–H and O–H groups in total. The minimum atomic E-state index is -1.21. The van der Waals surface area contributed by atoms with Gasteiger partial charge < -0.3 is 0 Å². The maximum absolute atomic E-state index is 11.1. The summed E-state index contributed by atoms with van der Waals surface area (Å²) in [5.41, 5.74) is 0. The maximum Gasteiger partial charge on any atom is 0.197 e. The Hall–Kier alpha value is -0.443. The molecular formula is C11H22O2Si. The average molecular weight is 214 g/mol. The molecule has 0 aliphatic rings. The molecule has 3 heteroatoms. The molecule has 0 aliphatic heterocycles. The SMILES string of the molecule is CCCC[Si](C)(C)CCC(=O)C(C)=O. The molecule has 0 radical (unpaired) electrons. The molecule has 0 bridgehead atoms. The summed E-state index contributed by atoms with van der Waals surface area (Å²) in [6.45, 7) is 8.15. The van der Waals surface area contributed by atoms with Crippen LogP contribution in [0.25, 0.3) is 0 Å². The monoisotopic (exact) mass is 214 g/mol. The molecule has 0 atom stereocenters. The second-order valence-corrected chi connectivity index (χ2v) is 10.1. The van der Waals surface area contributed by atoms with Gasteiger partial charge in [0.25, 0.3) is 0 Å². The minimum Gasteiger partial charge on any atom is -0.291 e. The number of carbonyl (C=O) groups excluding carboxylic acids is 2. The van der Waals surface area contributed by atoms with Gasteiger partial charge in [-0.2, -0.15) is 0 Å². The highest BCUT2D eigenvalue weighted by Gasteiger charge is 2.21. The zero-order valence-electron chi connectivity index (χ0n) is 9.85. The standard InChI is InChI=1S/C11H22O2Si/c1-5-6-8-14(3,4)9-7-11(13)10(2)12/h5-9H2,1-4H3. The highest BCUT2D eigenvalue weighted by Crippen LogP contribution is 2.20. The summed E-state index contributed by atoms with van der Waals surface area (Å²) in [4.78, 5) is 21.9. The van der Waals surface area contributed by atoms with E-state index in [9.17, 15) is 9.59 Å². The lowest BCUT2D eigenvalue weighted by molar-refractivity contribution is -0.135. The van der Waals surface area contributed by atoms with E-state index in [1.807, 2.05) is 0 Å². The van der Waals surface area contributed by atoms with Gasteiger partial charge in [0, 0.05) is 21.4 Å². The first-order chi connectivity index (χ1) is 6.39. The summed E-state index contributed by atoms with van der Waals surface area (Å²) in [7, 11) is -1.21. The van der Waals surface area contributed by atoms with Crippen LogP contribution in [-0.2, 0) is 9.59 Å². The third kappa shape index (κ3) is 6.08. The first kappa shape index (κ1) is 13.6. The predicted octanol–water partition coefficient (Wildman–Crippen LogP) is 3.04. The molecule has 0 heterocycles. The van der Waals surface area contributed by atoms with Crippen LogP contribution in [-0.4, -0.2) is 19.6 Å². The fourth-order valence-corrected chi connectivity index (χ4v) is 3.87. The van der Waals surface area contributed by atoms with Crippen molar-refractivity contribution in [3.63, 3.8) is 0 Å². The van der Waals surface area contributed by atoms with Gasteiger partial charge in [0.2, 0.25) is 0 Å². The Morgan fingerprint density at radius 2 is 1.71 bits per heavy atom. The summed E-state index contributed by atoms with van der Waals surface area (Å²) in [5, 5.41) is 0. The van der Waals surface area contributed by atoms with E-state index in [0.717, 1.165) is 6.04 Å². The van der Waals surface area contributed by atoms with Crippen molar-refractivity contribution in [2.75, 3.05) is 0 Å². The van der Waals surface area contributed by atoms with Crippen LogP contribution in [0.1, 0.15) is 33.1 Å². The second kappa shape index (κ2) is 6.12. The summed E-state index contributed by atoms with van der Waals surface area (Å²) >= 11 is 0. The number of ketones is 2. The Kier molecular flexibility index (Phi) is 5.92. The van der Waals surface area contributed by atoms with E-state index in [1.165, 1.54) is 25.8 Å². The molecule has 0 saturated carbocycles. The quantitative estimate of drug-likeness (QED) is 0.482. The van der Waals surface area contributed by atoms with Crippen LogP contribution in [0, 0.1) is 0 Å². The predicted molar refractivity (Wildman–Crippen MR) is 62.3 cm³/mol. The van der Waals surface area contributed by atoms with Gasteiger partial charge in [-0.1, -0.05) is 44.9 Å². The molecule has 0 aromatic rings. The Morgan fingerprint density at radius 3 is 2.14 bits per heavy atom. The second-order valence-electron chi connectivity index (χ2n) is 4.75. The first-order valence-corrected chi connectivity index (χ1v) is 8.84. The zero-order valence-corrected chi connectivity index (χ0v) is 10.9. The van der Waals surface area contributed by atoms with Crippen LogP contribution in [0.15, 0.2) is 0 Å². The van der Waals surface area contributed by atoms with Gasteiger partial charge in [0.15, 0.2) is 11.6 Å². The smallest absolute Gasteiger partial charge is 0.197 e. The molecule has 0 rings (SSSR count). The van der Waals surface area contributed by atoms with E-state index in [0.29, 0.717) is 6.42 Å². The summed E-state index contributed by atoms with van der Waals surface area (Å²) in [6.07, 6.45) is 2.95. The number of hydrogen-bond acceptors (Lipinski definition) is 2. The van der Waals surface area contributed by atoms with Crippen molar-refractivity contribution >= 4 is 19.6 Å². The van der Waals surface area contributed by atoms with Gasteiger partial charge >= 0.3 is 0 Å². The van der Waals surface area contributed by atoms with E-state index in [4.69, 9.17) is 0 Å². The molecule has 0 fully saturated rings. The van der Waals surface area contributed by atoms with Crippen LogP contribution in [0.4, 0.5) is 0 Å². The molecular weight excluding hydrogens is 192 g/mol. The van der Waals surface area contributed by atoms with E-state index in [1.54, 1.807) is 0 Å². The average Bonchev–Trinajstić information content (AvgIpc) is 2.11. The highest BCUT2D eigenvalue weighted by atomic mass is 28.3. The molecule has 0 aliphatic carbocycles. The van der Waals surface area contributed by atoms with Crippen LogP contribution in [0.2, 0.25) is 25.2 Å². The lowest BCUT2D eigenvalue weighted by atomic mass is 10.2. The molecule has 0 unspecified atom stereocenters. The van der Waals surface area contributed by atoms with Crippen LogP contribution >= 0.6 is 0 Å². The third-order valence-electron chi connectivity index (χ3n) is 2.63. The normalized spacial score (nSPS) is 11.4. The molecule has 0 aromatic carbocycles. The summed E-state index contributed by atoms with van der Waals surface area (Å²) in [6, 6.07) is 2.24. The molecule has 14 heavy (non-hydrogen) atoms. The van der Waals surface area contributed by atoms with Crippen molar-refractivity contribution < 1.29 is 9.59 Å². The number of rotatable bonds is 7. The van der Waals surface area contributed by atoms with Crippen LogP contribution < -0.4 is 0 Å². The fraction of sp³-hybridized carbons (Fsp3) is 0.818. The van der Waals surface area contributed by atoms with Crippen molar-refractivity contribution in [1.29, 1.82) is 0 Å². The lowest BCUT2D eigenvalue weighted by Crippen LogP contribution is -2.26. The maximum atomic E-state index is 11.1. The molecule has 0 aromatic heterocycles. The Balaban J connectivity index is 3.86. The molecule has 82 valence electrons. The van der Waals surface area contributed by atoms with Gasteiger partial charge in [0.1, 0.15) is 0 Å². The molecule has 0 spiro atoms. The van der Waals surface area contributed by atoms with Gasteiger partial charge in [-0.25, -0.2) is 0 Å². The van der Waals surface area contributed by atoms with E-state index >= 15 is 0 Å². The summed E-state index contributed by atoms with van der Waals surface area (Å²) in [5.74, 6) is -0.479. The Morgan fingerprint density at radius 1 is 1.14 bits per heavy atom. The van der Waals surface area contributed by atoms with Crippen molar-refractivity contribution in [2.45, 2.75) is 58.3 Å². The van der Waals surface area contributed by atoms with Crippen molar-refractivity contribution in [3.8, 4) is 0 Å². The Labute approximate surface area is 88.1 Å². The molecule has 0 saturated heterocycles. The third-order valence-corrected chi connectivity index (χ3v) is 5.94. The minimum absolute atomic E-state index is 0.193. The number of carbonyl (C=O) groups is 2. The van der Waals surface area contributed by atoms with Gasteiger partial charge in [-0.15, -0.1) is 0 Å². The lowest BCUT2D eigenvalue weighted by Gasteiger charge is -2.21. The molecule has 2 nitrogen and oxygen atoms in total. The van der Waals surface area contributed by atoms with Crippen molar-refractivity contribution in [2.24, 2.45) is 0 Å². The van der Waals surface area contributed by atoms with Crippen LogP contribution in [0.3, 0.4) is 0 Å². The van der Waals surface area contributed by atoms with Crippen LogP contribution in [0.5, 0.6) is 0 Å². The topological polar surface area (TPSA) is 34.1 Å². The van der Waals surface area contributed by atoms with Gasteiger partial charge in [-0.05, 0) is 0 Å². The van der Waals surface area contributed by atoms with Gasteiger partial charge in [0.05, 0.1) is 0 Å². The molecule has 0 amide bonds.